The summed E-state index contributed by atoms with van der Waals surface area (Å²) in [6.07, 6.45) is -2.88. The molecule has 1 N–H and O–H groups in total. The van der Waals surface area contributed by atoms with Crippen LogP contribution in [-0.4, -0.2) is 4.98 Å². The zero-order valence-electron chi connectivity index (χ0n) is 9.95. The van der Waals surface area contributed by atoms with Gasteiger partial charge in [0.1, 0.15) is 4.88 Å². The number of thiophene rings is 1. The maximum absolute atomic E-state index is 13.0. The van der Waals surface area contributed by atoms with Crippen LogP contribution in [0.25, 0.3) is 22.0 Å². The van der Waals surface area contributed by atoms with Crippen LogP contribution in [0.4, 0.5) is 13.2 Å². The van der Waals surface area contributed by atoms with Gasteiger partial charge < -0.3 is 4.98 Å². The number of aromatic nitrogens is 1. The number of hydrogen-bond acceptors (Lipinski definition) is 2. The van der Waals surface area contributed by atoms with E-state index in [0.29, 0.717) is 33.4 Å². The van der Waals surface area contributed by atoms with Crippen molar-refractivity contribution in [2.75, 3.05) is 0 Å². The summed E-state index contributed by atoms with van der Waals surface area (Å²) >= 11 is 0.655. The number of alkyl halides is 3. The lowest BCUT2D eigenvalue weighted by atomic mass is 10.0. The minimum absolute atomic E-state index is 0.108. The number of aromatic amines is 1. The summed E-state index contributed by atoms with van der Waals surface area (Å²) in [7, 11) is 0. The maximum atomic E-state index is 13.0. The van der Waals surface area contributed by atoms with Gasteiger partial charge in [-0.1, -0.05) is 6.07 Å². The predicted octanol–water partition coefficient (Wildman–Crippen LogP) is 4.79. The first-order valence-electron chi connectivity index (χ1n) is 5.67. The second-order valence-corrected chi connectivity index (χ2v) is 5.12. The summed E-state index contributed by atoms with van der Waals surface area (Å²) in [5.41, 5.74) is 1.53. The fraction of sp³-hybridized carbons (Fsp3) is 0.0714. The van der Waals surface area contributed by atoms with Gasteiger partial charge in [0, 0.05) is 28.2 Å². The molecule has 0 fully saturated rings. The number of nitrogens with zero attached hydrogens (tertiary/aromatic N) is 1. The Morgan fingerprint density at radius 1 is 1.15 bits per heavy atom. The lowest BCUT2D eigenvalue weighted by molar-refractivity contribution is -0.133. The molecule has 0 saturated heterocycles. The highest BCUT2D eigenvalue weighted by Crippen LogP contribution is 2.43. The Hall–Kier alpha value is -2.26. The van der Waals surface area contributed by atoms with E-state index in [1.807, 2.05) is 6.07 Å². The van der Waals surface area contributed by atoms with Gasteiger partial charge in [0.2, 0.25) is 0 Å². The topological polar surface area (TPSA) is 39.6 Å². The van der Waals surface area contributed by atoms with Gasteiger partial charge in [0.05, 0.1) is 11.6 Å². The minimum Gasteiger partial charge on any atom is -0.361 e. The molecule has 0 aliphatic carbocycles. The van der Waals surface area contributed by atoms with Crippen molar-refractivity contribution in [1.82, 2.24) is 4.98 Å². The van der Waals surface area contributed by atoms with Gasteiger partial charge in [0.25, 0.3) is 0 Å². The van der Waals surface area contributed by atoms with E-state index in [0.717, 1.165) is 0 Å². The molecule has 2 heterocycles. The van der Waals surface area contributed by atoms with Gasteiger partial charge in [-0.25, -0.2) is 0 Å². The summed E-state index contributed by atoms with van der Waals surface area (Å²) in [5.74, 6) is 0. The van der Waals surface area contributed by atoms with Crippen LogP contribution < -0.4 is 0 Å². The molecule has 0 bridgehead atoms. The number of hydrogen-bond donors (Lipinski definition) is 1. The zero-order valence-corrected chi connectivity index (χ0v) is 10.8. The Kier molecular flexibility index (Phi) is 2.80. The van der Waals surface area contributed by atoms with Crippen LogP contribution in [0.5, 0.6) is 0 Å². The monoisotopic (exact) mass is 292 g/mol. The summed E-state index contributed by atoms with van der Waals surface area (Å²) in [4.78, 5) is 2.27. The summed E-state index contributed by atoms with van der Waals surface area (Å²) < 4.78 is 39.0. The fourth-order valence-corrected chi connectivity index (χ4v) is 3.01. The molecule has 0 aliphatic rings. The maximum Gasteiger partial charge on any atom is 0.426 e. The molecule has 6 heteroatoms. The number of nitrogens with one attached hydrogen (secondary N) is 1. The molecule has 0 radical (unpaired) electrons. The van der Waals surface area contributed by atoms with Crippen molar-refractivity contribution < 1.29 is 13.2 Å². The molecule has 0 spiro atoms. The van der Waals surface area contributed by atoms with Gasteiger partial charge in [0.15, 0.2) is 0 Å². The highest BCUT2D eigenvalue weighted by molar-refractivity contribution is 7.10. The van der Waals surface area contributed by atoms with Crippen LogP contribution >= 0.6 is 11.3 Å². The first kappa shape index (κ1) is 12.8. The van der Waals surface area contributed by atoms with Crippen molar-refractivity contribution in [1.29, 1.82) is 5.26 Å². The van der Waals surface area contributed by atoms with E-state index >= 15 is 0 Å². The smallest absolute Gasteiger partial charge is 0.361 e. The second kappa shape index (κ2) is 4.39. The van der Waals surface area contributed by atoms with Crippen LogP contribution in [0, 0.1) is 11.3 Å². The van der Waals surface area contributed by atoms with Crippen LogP contribution in [-0.2, 0) is 6.18 Å². The summed E-state index contributed by atoms with van der Waals surface area (Å²) in [6, 6.07) is 8.48. The number of H-pyrrole nitrogens is 1. The number of halogens is 3. The quantitative estimate of drug-likeness (QED) is 0.688. The Labute approximate surface area is 116 Å². The fourth-order valence-electron chi connectivity index (χ4n) is 2.23. The molecule has 0 atom stereocenters. The largest absolute Gasteiger partial charge is 0.426 e. The Morgan fingerprint density at radius 3 is 2.65 bits per heavy atom. The number of rotatable bonds is 1. The Bertz CT molecular complexity index is 821. The number of fused-ring (bicyclic) bond motifs is 1. The molecule has 3 rings (SSSR count). The van der Waals surface area contributed by atoms with E-state index in [9.17, 15) is 13.2 Å². The molecule has 0 aliphatic heterocycles. The molecule has 1 aromatic carbocycles. The third kappa shape index (κ3) is 1.87. The number of nitriles is 1. The van der Waals surface area contributed by atoms with E-state index in [4.69, 9.17) is 5.26 Å². The van der Waals surface area contributed by atoms with E-state index < -0.39 is 11.1 Å². The van der Waals surface area contributed by atoms with Crippen molar-refractivity contribution in [2.45, 2.75) is 6.18 Å². The minimum atomic E-state index is -4.39. The van der Waals surface area contributed by atoms with Crippen LogP contribution in [0.2, 0.25) is 0 Å². The highest BCUT2D eigenvalue weighted by atomic mass is 32.1. The van der Waals surface area contributed by atoms with Crippen molar-refractivity contribution in [2.24, 2.45) is 0 Å². The molecule has 100 valence electrons. The summed E-state index contributed by atoms with van der Waals surface area (Å²) in [6.45, 7) is 0. The molecule has 2 nitrogen and oxygen atoms in total. The highest BCUT2D eigenvalue weighted by Gasteiger charge is 2.35. The SMILES string of the molecule is N#Cc1cccc2[nH]cc(-c3ccsc3C(F)(F)F)c12. The lowest BCUT2D eigenvalue weighted by Gasteiger charge is -2.07. The van der Waals surface area contributed by atoms with E-state index in [1.165, 1.54) is 17.6 Å². The van der Waals surface area contributed by atoms with E-state index in [-0.39, 0.29) is 5.56 Å². The Balaban J connectivity index is 2.32. The second-order valence-electron chi connectivity index (χ2n) is 4.20. The third-order valence-corrected chi connectivity index (χ3v) is 4.00. The standard InChI is InChI=1S/C14H7F3N2S/c15-14(16,17)13-9(4-5-20-13)10-7-19-11-3-1-2-8(6-18)12(10)11/h1-5,7,19H. The first-order valence-corrected chi connectivity index (χ1v) is 6.55. The van der Waals surface area contributed by atoms with Gasteiger partial charge >= 0.3 is 6.18 Å². The van der Waals surface area contributed by atoms with Crippen molar-refractivity contribution in [3.8, 4) is 17.2 Å². The summed E-state index contributed by atoms with van der Waals surface area (Å²) in [5, 5.41) is 11.1. The van der Waals surface area contributed by atoms with Crippen LogP contribution in [0.3, 0.4) is 0 Å². The predicted molar refractivity (Wildman–Crippen MR) is 71.3 cm³/mol. The molecule has 0 unspecified atom stereocenters. The van der Waals surface area contributed by atoms with Crippen LogP contribution in [0.1, 0.15) is 10.4 Å². The van der Waals surface area contributed by atoms with Crippen molar-refractivity contribution in [3.63, 3.8) is 0 Å². The molecular formula is C14H7F3N2S. The molecule has 3 aromatic rings. The average Bonchev–Trinajstić information content (AvgIpc) is 3.03. The molecule has 2 aromatic heterocycles. The zero-order chi connectivity index (χ0) is 14.3. The number of benzene rings is 1. The van der Waals surface area contributed by atoms with E-state index in [1.54, 1.807) is 18.2 Å². The van der Waals surface area contributed by atoms with Crippen LogP contribution in [0.15, 0.2) is 35.8 Å². The molecule has 20 heavy (non-hydrogen) atoms. The third-order valence-electron chi connectivity index (χ3n) is 3.04. The lowest BCUT2D eigenvalue weighted by Crippen LogP contribution is -2.03. The Morgan fingerprint density at radius 2 is 1.95 bits per heavy atom. The molecule has 0 saturated carbocycles. The molecule has 0 amide bonds. The van der Waals surface area contributed by atoms with Gasteiger partial charge in [-0.05, 0) is 23.6 Å². The normalized spacial score (nSPS) is 11.7. The average molecular weight is 292 g/mol. The van der Waals surface area contributed by atoms with Gasteiger partial charge in [-0.2, -0.15) is 18.4 Å². The van der Waals surface area contributed by atoms with E-state index in [2.05, 4.69) is 4.98 Å². The van der Waals surface area contributed by atoms with Crippen molar-refractivity contribution in [3.05, 3.63) is 46.3 Å². The molecular weight excluding hydrogens is 285 g/mol. The van der Waals surface area contributed by atoms with Crippen molar-refractivity contribution >= 4 is 22.2 Å². The van der Waals surface area contributed by atoms with Gasteiger partial charge in [-0.15, -0.1) is 11.3 Å². The first-order chi connectivity index (χ1) is 9.52. The van der Waals surface area contributed by atoms with Gasteiger partial charge in [-0.3, -0.25) is 0 Å².